The number of nitrogens with one attached hydrogen (secondary N) is 2. The van der Waals surface area contributed by atoms with Crippen LogP contribution in [0.15, 0.2) is 24.3 Å². The number of carbonyl (C=O) groups is 1. The predicted octanol–water partition coefficient (Wildman–Crippen LogP) is 3.14. The minimum absolute atomic E-state index is 0. The molecule has 1 amide bonds. The van der Waals surface area contributed by atoms with Gasteiger partial charge in [-0.15, -0.1) is 12.4 Å². The van der Waals surface area contributed by atoms with Crippen molar-refractivity contribution in [3.63, 3.8) is 0 Å². The monoisotopic (exact) mass is 282 g/mol. The molecule has 0 aliphatic carbocycles. The number of anilines is 1. The molecule has 106 valence electrons. The molecule has 1 unspecified atom stereocenters. The van der Waals surface area contributed by atoms with E-state index in [1.807, 2.05) is 18.2 Å². The Morgan fingerprint density at radius 3 is 2.89 bits per heavy atom. The Balaban J connectivity index is 0.00000180. The lowest BCUT2D eigenvalue weighted by atomic mass is 10.1. The third kappa shape index (κ3) is 4.84. The molecule has 4 heteroatoms. The van der Waals surface area contributed by atoms with Crippen molar-refractivity contribution in [3.8, 4) is 0 Å². The summed E-state index contributed by atoms with van der Waals surface area (Å²) in [6.45, 7) is 3.21. The van der Waals surface area contributed by atoms with Crippen molar-refractivity contribution < 1.29 is 4.79 Å². The van der Waals surface area contributed by atoms with Crippen LogP contribution in [0, 0.1) is 0 Å². The van der Waals surface area contributed by atoms with Crippen molar-refractivity contribution in [3.05, 3.63) is 29.8 Å². The summed E-state index contributed by atoms with van der Waals surface area (Å²) in [5.74, 6) is 0.129. The van der Waals surface area contributed by atoms with E-state index in [1.54, 1.807) is 0 Å². The van der Waals surface area contributed by atoms with Crippen molar-refractivity contribution in [2.45, 2.75) is 45.1 Å². The lowest BCUT2D eigenvalue weighted by Crippen LogP contribution is -2.23. The standard InChI is InChI=1S/C15H22N2O.ClH/c1-2-12-6-3-4-8-14(12)17-15(18)10-9-13-7-5-11-16-13;/h3-4,6,8,13,16H,2,5,7,9-11H2,1H3,(H,17,18);1H. The van der Waals surface area contributed by atoms with Crippen molar-refractivity contribution in [2.24, 2.45) is 0 Å². The third-order valence-corrected chi connectivity index (χ3v) is 3.55. The fourth-order valence-corrected chi connectivity index (χ4v) is 2.47. The molecule has 1 aliphatic rings. The van der Waals surface area contributed by atoms with Gasteiger partial charge in [0.15, 0.2) is 0 Å². The normalized spacial score (nSPS) is 17.8. The largest absolute Gasteiger partial charge is 0.326 e. The van der Waals surface area contributed by atoms with E-state index >= 15 is 0 Å². The van der Waals surface area contributed by atoms with Gasteiger partial charge in [-0.1, -0.05) is 25.1 Å². The number of benzene rings is 1. The van der Waals surface area contributed by atoms with Gasteiger partial charge in [-0.05, 0) is 43.9 Å². The van der Waals surface area contributed by atoms with Gasteiger partial charge in [0.2, 0.25) is 5.91 Å². The highest BCUT2D eigenvalue weighted by molar-refractivity contribution is 5.91. The second-order valence-electron chi connectivity index (χ2n) is 4.89. The maximum absolute atomic E-state index is 11.9. The second kappa shape index (κ2) is 8.18. The number of aryl methyl sites for hydroxylation is 1. The number of hydrogen-bond acceptors (Lipinski definition) is 2. The summed E-state index contributed by atoms with van der Waals surface area (Å²) in [6, 6.07) is 8.56. The van der Waals surface area contributed by atoms with Crippen molar-refractivity contribution in [1.29, 1.82) is 0 Å². The average Bonchev–Trinajstić information content (AvgIpc) is 2.90. The fraction of sp³-hybridized carbons (Fsp3) is 0.533. The fourth-order valence-electron chi connectivity index (χ4n) is 2.47. The SMILES string of the molecule is CCc1ccccc1NC(=O)CCC1CCCN1.Cl. The van der Waals surface area contributed by atoms with Gasteiger partial charge in [0, 0.05) is 18.2 Å². The van der Waals surface area contributed by atoms with E-state index in [-0.39, 0.29) is 18.3 Å². The maximum Gasteiger partial charge on any atom is 0.224 e. The van der Waals surface area contributed by atoms with Gasteiger partial charge < -0.3 is 10.6 Å². The maximum atomic E-state index is 11.9. The second-order valence-corrected chi connectivity index (χ2v) is 4.89. The van der Waals surface area contributed by atoms with Gasteiger partial charge >= 0.3 is 0 Å². The van der Waals surface area contributed by atoms with Crippen LogP contribution in [0.2, 0.25) is 0 Å². The molecular weight excluding hydrogens is 260 g/mol. The quantitative estimate of drug-likeness (QED) is 0.871. The van der Waals surface area contributed by atoms with Crippen LogP contribution < -0.4 is 10.6 Å². The van der Waals surface area contributed by atoms with Gasteiger partial charge in [0.1, 0.15) is 0 Å². The predicted molar refractivity (Wildman–Crippen MR) is 82.0 cm³/mol. The highest BCUT2D eigenvalue weighted by Crippen LogP contribution is 2.17. The van der Waals surface area contributed by atoms with Gasteiger partial charge in [-0.2, -0.15) is 0 Å². The van der Waals surface area contributed by atoms with Crippen molar-refractivity contribution in [1.82, 2.24) is 5.32 Å². The zero-order valence-electron chi connectivity index (χ0n) is 11.4. The summed E-state index contributed by atoms with van der Waals surface area (Å²) in [5.41, 5.74) is 2.16. The molecule has 1 atom stereocenters. The first-order chi connectivity index (χ1) is 8.79. The smallest absolute Gasteiger partial charge is 0.224 e. The van der Waals surface area contributed by atoms with Crippen molar-refractivity contribution >= 4 is 24.0 Å². The Labute approximate surface area is 121 Å². The lowest BCUT2D eigenvalue weighted by Gasteiger charge is -2.12. The Bertz CT molecular complexity index is 403. The van der Waals surface area contributed by atoms with E-state index in [2.05, 4.69) is 23.6 Å². The molecule has 0 bridgehead atoms. The number of para-hydroxylation sites is 1. The van der Waals surface area contributed by atoms with Gasteiger partial charge in [-0.3, -0.25) is 4.79 Å². The van der Waals surface area contributed by atoms with E-state index in [0.717, 1.165) is 25.1 Å². The molecule has 0 radical (unpaired) electrons. The minimum Gasteiger partial charge on any atom is -0.326 e. The first kappa shape index (κ1) is 16.0. The van der Waals surface area contributed by atoms with E-state index in [0.29, 0.717) is 12.5 Å². The van der Waals surface area contributed by atoms with E-state index in [4.69, 9.17) is 0 Å². The zero-order chi connectivity index (χ0) is 12.8. The summed E-state index contributed by atoms with van der Waals surface area (Å²) >= 11 is 0. The molecule has 0 aromatic heterocycles. The molecule has 3 nitrogen and oxygen atoms in total. The average molecular weight is 283 g/mol. The zero-order valence-corrected chi connectivity index (χ0v) is 12.3. The highest BCUT2D eigenvalue weighted by atomic mass is 35.5. The molecule has 0 saturated carbocycles. The van der Waals surface area contributed by atoms with Gasteiger partial charge in [-0.25, -0.2) is 0 Å². The molecule has 1 saturated heterocycles. The first-order valence-corrected chi connectivity index (χ1v) is 6.90. The Morgan fingerprint density at radius 2 is 2.21 bits per heavy atom. The van der Waals surface area contributed by atoms with Crippen molar-refractivity contribution in [2.75, 3.05) is 11.9 Å². The van der Waals surface area contributed by atoms with Crippen LogP contribution in [0.4, 0.5) is 5.69 Å². The molecule has 1 aromatic carbocycles. The van der Waals surface area contributed by atoms with Gasteiger partial charge in [0.25, 0.3) is 0 Å². The molecule has 1 heterocycles. The van der Waals surface area contributed by atoms with Crippen LogP contribution in [-0.2, 0) is 11.2 Å². The van der Waals surface area contributed by atoms with E-state index in [9.17, 15) is 4.79 Å². The molecular formula is C15H23ClN2O. The Kier molecular flexibility index (Phi) is 6.89. The summed E-state index contributed by atoms with van der Waals surface area (Å²) < 4.78 is 0. The minimum atomic E-state index is 0. The summed E-state index contributed by atoms with van der Waals surface area (Å²) in [7, 11) is 0. The highest BCUT2D eigenvalue weighted by Gasteiger charge is 2.15. The molecule has 2 rings (SSSR count). The summed E-state index contributed by atoms with van der Waals surface area (Å²) in [5, 5.41) is 6.44. The Morgan fingerprint density at radius 1 is 1.42 bits per heavy atom. The number of carbonyl (C=O) groups excluding carboxylic acids is 1. The Hall–Kier alpha value is -1.06. The number of halogens is 1. The number of rotatable bonds is 5. The van der Waals surface area contributed by atoms with Gasteiger partial charge in [0.05, 0.1) is 0 Å². The van der Waals surface area contributed by atoms with E-state index in [1.165, 1.54) is 18.4 Å². The molecule has 1 aliphatic heterocycles. The van der Waals surface area contributed by atoms with Crippen LogP contribution in [0.25, 0.3) is 0 Å². The van der Waals surface area contributed by atoms with Crippen LogP contribution in [0.1, 0.15) is 38.2 Å². The van der Waals surface area contributed by atoms with Crippen LogP contribution in [0.5, 0.6) is 0 Å². The summed E-state index contributed by atoms with van der Waals surface area (Å²) in [6.07, 6.45) is 4.94. The topological polar surface area (TPSA) is 41.1 Å². The first-order valence-electron chi connectivity index (χ1n) is 6.90. The van der Waals surface area contributed by atoms with Crippen LogP contribution in [0.3, 0.4) is 0 Å². The molecule has 0 spiro atoms. The number of amides is 1. The molecule has 19 heavy (non-hydrogen) atoms. The van der Waals surface area contributed by atoms with Crippen LogP contribution >= 0.6 is 12.4 Å². The number of hydrogen-bond donors (Lipinski definition) is 2. The molecule has 1 aromatic rings. The van der Waals surface area contributed by atoms with Crippen LogP contribution in [-0.4, -0.2) is 18.5 Å². The molecule has 2 N–H and O–H groups in total. The molecule has 1 fully saturated rings. The summed E-state index contributed by atoms with van der Waals surface area (Å²) in [4.78, 5) is 11.9. The lowest BCUT2D eigenvalue weighted by molar-refractivity contribution is -0.116. The van der Waals surface area contributed by atoms with E-state index < -0.39 is 0 Å². The third-order valence-electron chi connectivity index (χ3n) is 3.55.